The summed E-state index contributed by atoms with van der Waals surface area (Å²) >= 11 is 0. The topological polar surface area (TPSA) is 38.7 Å². The number of ether oxygens (including phenoxy) is 2. The summed E-state index contributed by atoms with van der Waals surface area (Å²) in [5, 5.41) is 12.2. The molecule has 0 unspecified atom stereocenters. The Bertz CT molecular complexity index is 586. The van der Waals surface area contributed by atoms with E-state index in [-0.39, 0.29) is 6.10 Å². The number of hydrogen-bond acceptors (Lipinski definition) is 3. The lowest BCUT2D eigenvalue weighted by Crippen LogP contribution is -2.26. The monoisotopic (exact) mass is 272 g/mol. The molecule has 0 amide bonds. The predicted octanol–water partition coefficient (Wildman–Crippen LogP) is 3.45. The van der Waals surface area contributed by atoms with Gasteiger partial charge < -0.3 is 14.6 Å². The molecule has 0 spiro atoms. The molecule has 3 rings (SSSR count). The van der Waals surface area contributed by atoms with Gasteiger partial charge in [0.05, 0.1) is 19.3 Å². The highest BCUT2D eigenvalue weighted by atomic mass is 16.5. The maximum Gasteiger partial charge on any atom is 0.133 e. The molecule has 0 radical (unpaired) electrons. The second kappa shape index (κ2) is 5.81. The van der Waals surface area contributed by atoms with Crippen molar-refractivity contribution in [2.75, 3.05) is 13.2 Å². The molecule has 1 saturated heterocycles. The number of aliphatic hydroxyl groups is 1. The largest absolute Gasteiger partial charge is 0.489 e. The van der Waals surface area contributed by atoms with Crippen LogP contribution in [-0.4, -0.2) is 24.4 Å². The zero-order chi connectivity index (χ0) is 13.9. The van der Waals surface area contributed by atoms with Gasteiger partial charge in [-0.05, 0) is 12.3 Å². The molecule has 1 atom stereocenters. The van der Waals surface area contributed by atoms with E-state index >= 15 is 0 Å². The van der Waals surface area contributed by atoms with E-state index in [2.05, 4.69) is 12.1 Å². The van der Waals surface area contributed by atoms with E-state index in [4.69, 9.17) is 9.47 Å². The highest BCUT2D eigenvalue weighted by Crippen LogP contribution is 2.35. The quantitative estimate of drug-likeness (QED) is 0.930. The van der Waals surface area contributed by atoms with Gasteiger partial charge in [-0.3, -0.25) is 0 Å². The van der Waals surface area contributed by atoms with Crippen LogP contribution in [0.4, 0.5) is 0 Å². The first-order chi connectivity index (χ1) is 9.75. The van der Waals surface area contributed by atoms with Crippen LogP contribution in [0.15, 0.2) is 36.4 Å². The summed E-state index contributed by atoms with van der Waals surface area (Å²) in [5.41, 5.74) is 0.857. The van der Waals surface area contributed by atoms with Crippen LogP contribution in [0.5, 0.6) is 5.75 Å². The molecule has 20 heavy (non-hydrogen) atoms. The molecule has 1 fully saturated rings. The fourth-order valence-corrected chi connectivity index (χ4v) is 2.68. The van der Waals surface area contributed by atoms with Crippen molar-refractivity contribution in [3.8, 4) is 5.75 Å². The normalized spacial score (nSPS) is 18.1. The average Bonchev–Trinajstić information content (AvgIpc) is 2.48. The van der Waals surface area contributed by atoms with Gasteiger partial charge in [-0.1, -0.05) is 36.4 Å². The second-order valence-electron chi connectivity index (χ2n) is 5.31. The van der Waals surface area contributed by atoms with Crippen molar-refractivity contribution in [1.29, 1.82) is 0 Å². The Labute approximate surface area is 119 Å². The van der Waals surface area contributed by atoms with Gasteiger partial charge in [0.15, 0.2) is 0 Å². The molecule has 106 valence electrons. The predicted molar refractivity (Wildman–Crippen MR) is 79.1 cm³/mol. The Hall–Kier alpha value is -1.58. The summed E-state index contributed by atoms with van der Waals surface area (Å²) in [6.07, 6.45) is 1.45. The second-order valence-corrected chi connectivity index (χ2v) is 5.31. The van der Waals surface area contributed by atoms with Gasteiger partial charge in [0.25, 0.3) is 0 Å². The minimum atomic E-state index is -0.533. The number of hydrogen-bond donors (Lipinski definition) is 1. The highest BCUT2D eigenvalue weighted by Gasteiger charge is 2.20. The third kappa shape index (κ3) is 2.65. The lowest BCUT2D eigenvalue weighted by Gasteiger charge is -2.26. The lowest BCUT2D eigenvalue weighted by atomic mass is 10.0. The molecule has 0 bridgehead atoms. The first-order valence-electron chi connectivity index (χ1n) is 7.20. The van der Waals surface area contributed by atoms with Crippen LogP contribution in [0, 0.1) is 0 Å². The van der Waals surface area contributed by atoms with Gasteiger partial charge in [-0.2, -0.15) is 0 Å². The number of benzene rings is 2. The molecule has 0 aliphatic carbocycles. The van der Waals surface area contributed by atoms with Gasteiger partial charge in [0.2, 0.25) is 0 Å². The van der Waals surface area contributed by atoms with Gasteiger partial charge in [0.1, 0.15) is 11.9 Å². The molecule has 1 aliphatic rings. The molecule has 0 saturated carbocycles. The Morgan fingerprint density at radius 3 is 2.65 bits per heavy atom. The van der Waals surface area contributed by atoms with Crippen LogP contribution >= 0.6 is 0 Å². The van der Waals surface area contributed by atoms with Gasteiger partial charge in [-0.25, -0.2) is 0 Å². The lowest BCUT2D eigenvalue weighted by molar-refractivity contribution is 0.0249. The molecular formula is C17H20O3. The van der Waals surface area contributed by atoms with Crippen LogP contribution < -0.4 is 4.74 Å². The van der Waals surface area contributed by atoms with E-state index in [1.54, 1.807) is 6.92 Å². The van der Waals surface area contributed by atoms with Crippen molar-refractivity contribution in [2.24, 2.45) is 0 Å². The summed E-state index contributed by atoms with van der Waals surface area (Å²) in [7, 11) is 0. The Morgan fingerprint density at radius 2 is 1.90 bits per heavy atom. The van der Waals surface area contributed by atoms with Crippen LogP contribution in [0.2, 0.25) is 0 Å². The Morgan fingerprint density at radius 1 is 1.15 bits per heavy atom. The van der Waals surface area contributed by atoms with E-state index in [0.29, 0.717) is 0 Å². The molecule has 2 aromatic rings. The van der Waals surface area contributed by atoms with Crippen LogP contribution in [-0.2, 0) is 4.74 Å². The van der Waals surface area contributed by atoms with Gasteiger partial charge >= 0.3 is 0 Å². The fraction of sp³-hybridized carbons (Fsp3) is 0.412. The zero-order valence-corrected chi connectivity index (χ0v) is 11.7. The van der Waals surface area contributed by atoms with E-state index in [1.807, 2.05) is 24.3 Å². The van der Waals surface area contributed by atoms with Crippen molar-refractivity contribution in [3.05, 3.63) is 42.0 Å². The van der Waals surface area contributed by atoms with Crippen molar-refractivity contribution >= 4 is 10.8 Å². The van der Waals surface area contributed by atoms with E-state index in [1.165, 1.54) is 0 Å². The molecule has 1 aliphatic heterocycles. The SMILES string of the molecule is C[C@H](O)c1ccc2ccccc2c1OC1CCOCC1. The van der Waals surface area contributed by atoms with E-state index in [9.17, 15) is 5.11 Å². The molecule has 1 heterocycles. The third-order valence-corrected chi connectivity index (χ3v) is 3.81. The van der Waals surface area contributed by atoms with Gasteiger partial charge in [0, 0.05) is 23.8 Å². The maximum atomic E-state index is 9.99. The maximum absolute atomic E-state index is 9.99. The molecular weight excluding hydrogens is 252 g/mol. The molecule has 1 N–H and O–H groups in total. The molecule has 0 aromatic heterocycles. The standard InChI is InChI=1S/C17H20O3/c1-12(18)15-7-6-13-4-2-3-5-16(13)17(15)20-14-8-10-19-11-9-14/h2-7,12,14,18H,8-11H2,1H3/t12-/m0/s1. The van der Waals surface area contributed by atoms with E-state index in [0.717, 1.165) is 48.1 Å². The van der Waals surface area contributed by atoms with Crippen molar-refractivity contribution in [1.82, 2.24) is 0 Å². The average molecular weight is 272 g/mol. The number of aliphatic hydroxyl groups excluding tert-OH is 1. The Kier molecular flexibility index (Phi) is 3.90. The Balaban J connectivity index is 2.02. The molecule has 3 heteroatoms. The third-order valence-electron chi connectivity index (χ3n) is 3.81. The summed E-state index contributed by atoms with van der Waals surface area (Å²) in [6.45, 7) is 3.28. The number of rotatable bonds is 3. The first kappa shape index (κ1) is 13.4. The van der Waals surface area contributed by atoms with Crippen LogP contribution in [0.25, 0.3) is 10.8 Å². The summed E-state index contributed by atoms with van der Waals surface area (Å²) < 4.78 is 11.6. The minimum absolute atomic E-state index is 0.173. The van der Waals surface area contributed by atoms with Gasteiger partial charge in [-0.15, -0.1) is 0 Å². The first-order valence-corrected chi connectivity index (χ1v) is 7.20. The van der Waals surface area contributed by atoms with E-state index < -0.39 is 6.10 Å². The smallest absolute Gasteiger partial charge is 0.133 e. The highest BCUT2D eigenvalue weighted by molar-refractivity contribution is 5.89. The van der Waals surface area contributed by atoms with Crippen LogP contribution in [0.1, 0.15) is 31.4 Å². The number of fused-ring (bicyclic) bond motifs is 1. The molecule has 3 nitrogen and oxygen atoms in total. The fourth-order valence-electron chi connectivity index (χ4n) is 2.68. The molecule has 2 aromatic carbocycles. The van der Waals surface area contributed by atoms with Crippen molar-refractivity contribution in [3.63, 3.8) is 0 Å². The van der Waals surface area contributed by atoms with Crippen molar-refractivity contribution in [2.45, 2.75) is 32.0 Å². The summed E-state index contributed by atoms with van der Waals surface area (Å²) in [4.78, 5) is 0. The van der Waals surface area contributed by atoms with Crippen LogP contribution in [0.3, 0.4) is 0 Å². The zero-order valence-electron chi connectivity index (χ0n) is 11.7. The minimum Gasteiger partial charge on any atom is -0.489 e. The summed E-state index contributed by atoms with van der Waals surface area (Å²) in [5.74, 6) is 0.824. The van der Waals surface area contributed by atoms with Crippen molar-refractivity contribution < 1.29 is 14.6 Å². The summed E-state index contributed by atoms with van der Waals surface area (Å²) in [6, 6.07) is 12.1.